The monoisotopic (exact) mass is 130 g/mol. The van der Waals surface area contributed by atoms with E-state index in [0.717, 1.165) is 0 Å². The van der Waals surface area contributed by atoms with Crippen LogP contribution in [0.1, 0.15) is 12.8 Å². The van der Waals surface area contributed by atoms with E-state index in [1.807, 2.05) is 0 Å². The zero-order chi connectivity index (χ0) is 6.57. The van der Waals surface area contributed by atoms with Crippen molar-refractivity contribution in [2.45, 2.75) is 18.7 Å². The third-order valence-electron chi connectivity index (χ3n) is 0.687. The Hall–Kier alpha value is 0.125. The molecule has 0 saturated heterocycles. The van der Waals surface area contributed by atoms with Crippen molar-refractivity contribution in [1.29, 1.82) is 0 Å². The van der Waals surface area contributed by atoms with Gasteiger partial charge in [-0.15, -0.1) is 9.24 Å². The van der Waals surface area contributed by atoms with Crippen molar-refractivity contribution in [1.82, 2.24) is 0 Å². The topological polar surface area (TPSA) is 37.3 Å². The summed E-state index contributed by atoms with van der Waals surface area (Å²) in [7, 11) is 6.95. The summed E-state index contributed by atoms with van der Waals surface area (Å²) >= 11 is 0. The molecular formula is C4H8BO2P. The second-order valence-corrected chi connectivity index (χ2v) is 2.34. The lowest BCUT2D eigenvalue weighted by Gasteiger charge is -1.98. The van der Waals surface area contributed by atoms with Crippen LogP contribution in [0.25, 0.3) is 0 Å². The summed E-state index contributed by atoms with van der Waals surface area (Å²) in [5, 5.41) is 8.56. The van der Waals surface area contributed by atoms with Crippen LogP contribution in [0.5, 0.6) is 0 Å². The van der Waals surface area contributed by atoms with Gasteiger partial charge in [0.1, 0.15) is 0 Å². The molecule has 0 rings (SSSR count). The zero-order valence-electron chi connectivity index (χ0n) is 4.50. The first-order valence-corrected chi connectivity index (χ1v) is 3.01. The van der Waals surface area contributed by atoms with E-state index in [1.54, 1.807) is 0 Å². The number of aliphatic hydroxyl groups excluding tert-OH is 1. The maximum atomic E-state index is 10.0. The molecule has 8 heavy (non-hydrogen) atoms. The molecule has 0 fully saturated rings. The molecule has 0 aromatic heterocycles. The van der Waals surface area contributed by atoms with Crippen molar-refractivity contribution in [3.05, 3.63) is 0 Å². The molecule has 2 atom stereocenters. The van der Waals surface area contributed by atoms with Crippen molar-refractivity contribution in [3.63, 3.8) is 0 Å². The highest BCUT2D eigenvalue weighted by molar-refractivity contribution is 7.17. The Balaban J connectivity index is 3.05. The van der Waals surface area contributed by atoms with Crippen LogP contribution >= 0.6 is 9.24 Å². The molecule has 0 aromatic carbocycles. The molecule has 0 aliphatic heterocycles. The van der Waals surface area contributed by atoms with Gasteiger partial charge in [-0.25, -0.2) is 0 Å². The van der Waals surface area contributed by atoms with E-state index in [-0.39, 0.29) is 12.1 Å². The molecule has 1 unspecified atom stereocenters. The fraction of sp³-hybridized carbons (Fsp3) is 0.750. The van der Waals surface area contributed by atoms with Crippen LogP contribution in [0, 0.1) is 0 Å². The van der Waals surface area contributed by atoms with Gasteiger partial charge >= 0.3 is 0 Å². The largest absolute Gasteiger partial charge is 0.389 e. The molecule has 0 bridgehead atoms. The van der Waals surface area contributed by atoms with Crippen LogP contribution in [0.15, 0.2) is 0 Å². The van der Waals surface area contributed by atoms with E-state index in [9.17, 15) is 4.79 Å². The lowest BCUT2D eigenvalue weighted by molar-refractivity contribution is -0.112. The Labute approximate surface area is 52.3 Å². The molecule has 0 aliphatic rings. The highest BCUT2D eigenvalue weighted by Gasteiger charge is 1.96. The molecule has 0 spiro atoms. The van der Waals surface area contributed by atoms with Crippen LogP contribution in [0.2, 0.25) is 0 Å². The molecule has 1 N–H and O–H groups in total. The second-order valence-electron chi connectivity index (χ2n) is 1.57. The van der Waals surface area contributed by atoms with Gasteiger partial charge in [-0.1, -0.05) is 0 Å². The predicted molar refractivity (Wildman–Crippen MR) is 35.7 cm³/mol. The first-order valence-electron chi connectivity index (χ1n) is 2.35. The van der Waals surface area contributed by atoms with E-state index in [0.29, 0.717) is 6.42 Å². The smallest absolute Gasteiger partial charge is 0.167 e. The van der Waals surface area contributed by atoms with Gasteiger partial charge in [0.2, 0.25) is 0 Å². The average molecular weight is 130 g/mol. The Bertz CT molecular complexity index is 84.1. The maximum Gasteiger partial charge on any atom is 0.167 e. The summed E-state index contributed by atoms with van der Waals surface area (Å²) in [6, 6.07) is 0. The van der Waals surface area contributed by atoms with E-state index >= 15 is 0 Å². The third kappa shape index (κ3) is 6.12. The van der Waals surface area contributed by atoms with Crippen molar-refractivity contribution in [2.24, 2.45) is 0 Å². The quantitative estimate of drug-likeness (QED) is 0.418. The van der Waals surface area contributed by atoms with Gasteiger partial charge in [0, 0.05) is 0 Å². The minimum absolute atomic E-state index is 0.255. The Morgan fingerprint density at radius 3 is 2.50 bits per heavy atom. The molecule has 0 heterocycles. The number of hydrogen-bond acceptors (Lipinski definition) is 2. The molecule has 0 aliphatic carbocycles. The summed E-state index contributed by atoms with van der Waals surface area (Å²) < 4.78 is 0. The van der Waals surface area contributed by atoms with Gasteiger partial charge in [0.15, 0.2) is 7.85 Å². The summed E-state index contributed by atoms with van der Waals surface area (Å²) in [6.07, 6.45) is 0.685. The number of aliphatic hydroxyl groups is 1. The third-order valence-corrected chi connectivity index (χ3v) is 1.02. The number of carbonyl (C=O) groups excluding carboxylic acids is 1. The van der Waals surface area contributed by atoms with Gasteiger partial charge in [0.25, 0.3) is 0 Å². The minimum Gasteiger partial charge on any atom is -0.389 e. The standard InChI is InChI=1S/C4H8BO2P/c5-3(6)1-2-4(7)8/h4,7H,1-2,8H2/t4-/m1/s1. The van der Waals surface area contributed by atoms with E-state index in [4.69, 9.17) is 13.0 Å². The first kappa shape index (κ1) is 8.12. The summed E-state index contributed by atoms with van der Waals surface area (Å²) in [6.45, 7) is 0. The number of carbonyl (C=O) groups is 1. The molecular weight excluding hydrogens is 122 g/mol. The Morgan fingerprint density at radius 1 is 1.88 bits per heavy atom. The fourth-order valence-corrected chi connectivity index (χ4v) is 0.457. The fourth-order valence-electron chi connectivity index (χ4n) is 0.290. The first-order chi connectivity index (χ1) is 3.63. The van der Waals surface area contributed by atoms with Crippen LogP contribution in [0.4, 0.5) is 0 Å². The molecule has 0 saturated carbocycles. The van der Waals surface area contributed by atoms with Crippen molar-refractivity contribution in [3.8, 4) is 0 Å². The van der Waals surface area contributed by atoms with E-state index < -0.39 is 5.85 Å². The summed E-state index contributed by atoms with van der Waals surface area (Å²) in [4.78, 5) is 10.0. The lowest BCUT2D eigenvalue weighted by Crippen LogP contribution is -2.01. The van der Waals surface area contributed by atoms with Crippen molar-refractivity contribution < 1.29 is 9.90 Å². The van der Waals surface area contributed by atoms with Crippen LogP contribution in [0.3, 0.4) is 0 Å². The van der Waals surface area contributed by atoms with E-state index in [2.05, 4.69) is 9.24 Å². The van der Waals surface area contributed by atoms with Gasteiger partial charge in [-0.05, 0) is 12.8 Å². The Morgan fingerprint density at radius 2 is 2.38 bits per heavy atom. The van der Waals surface area contributed by atoms with Gasteiger partial charge in [-0.2, -0.15) is 0 Å². The highest BCUT2D eigenvalue weighted by atomic mass is 31.0. The van der Waals surface area contributed by atoms with Crippen LogP contribution in [-0.2, 0) is 4.79 Å². The highest BCUT2D eigenvalue weighted by Crippen LogP contribution is 2.02. The van der Waals surface area contributed by atoms with Gasteiger partial charge in [-0.3, -0.25) is 0 Å². The van der Waals surface area contributed by atoms with Crippen LogP contribution < -0.4 is 0 Å². The average Bonchev–Trinajstić information content (AvgIpc) is 1.61. The van der Waals surface area contributed by atoms with Gasteiger partial charge < -0.3 is 9.90 Å². The molecule has 2 nitrogen and oxygen atoms in total. The molecule has 0 aromatic rings. The summed E-state index contributed by atoms with van der Waals surface area (Å²) in [5.74, 6) is -0.498. The number of rotatable bonds is 3. The van der Waals surface area contributed by atoms with Crippen LogP contribution in [-0.4, -0.2) is 24.5 Å². The molecule has 44 valence electrons. The van der Waals surface area contributed by atoms with E-state index in [1.165, 1.54) is 0 Å². The predicted octanol–water partition coefficient (Wildman–Crippen LogP) is -0.345. The second kappa shape index (κ2) is 4.05. The maximum absolute atomic E-state index is 10.0. The van der Waals surface area contributed by atoms with Crippen molar-refractivity contribution >= 4 is 22.8 Å². The normalized spacial score (nSPS) is 13.2. The van der Waals surface area contributed by atoms with Gasteiger partial charge in [0.05, 0.1) is 11.5 Å². The van der Waals surface area contributed by atoms with Crippen molar-refractivity contribution in [2.75, 3.05) is 0 Å². The zero-order valence-corrected chi connectivity index (χ0v) is 5.66. The Kier molecular flexibility index (Phi) is 4.11. The molecule has 4 heteroatoms. The molecule has 0 amide bonds. The summed E-state index contributed by atoms with van der Waals surface area (Å²) in [5.41, 5.74) is -0.369. The lowest BCUT2D eigenvalue weighted by atomic mass is 9.98. The minimum atomic E-state index is -0.498. The SMILES string of the molecule is [B]C(=O)CC[C@H](O)P. The molecule has 2 radical (unpaired) electrons. The number of hydrogen-bond donors (Lipinski definition) is 1.